The Morgan fingerprint density at radius 1 is 1.07 bits per heavy atom. The molecule has 44 heavy (non-hydrogen) atoms. The minimum Gasteiger partial charge on any atom is -0.496 e. The molecule has 3 amide bonds. The maximum atomic E-state index is 14.7. The molecule has 3 aliphatic heterocycles. The van der Waals surface area contributed by atoms with Gasteiger partial charge in [-0.2, -0.15) is 0 Å². The Morgan fingerprint density at radius 3 is 2.66 bits per heavy atom. The van der Waals surface area contributed by atoms with Crippen molar-refractivity contribution >= 4 is 39.9 Å². The number of anilines is 1. The predicted octanol–water partition coefficient (Wildman–Crippen LogP) is 5.47. The number of imidazole rings is 1. The molecule has 4 aromatic rings. The summed E-state index contributed by atoms with van der Waals surface area (Å²) in [7, 11) is 1.63. The lowest BCUT2D eigenvalue weighted by atomic mass is 9.94. The van der Waals surface area contributed by atoms with Crippen LogP contribution >= 0.6 is 11.8 Å². The molecule has 6 heterocycles. The van der Waals surface area contributed by atoms with Gasteiger partial charge in [-0.15, -0.1) is 0 Å². The number of thioether (sulfide) groups is 1. The Bertz CT molecular complexity index is 1730. The van der Waals surface area contributed by atoms with E-state index in [2.05, 4.69) is 9.97 Å². The van der Waals surface area contributed by atoms with Crippen LogP contribution in [0.2, 0.25) is 0 Å². The molecule has 0 bridgehead atoms. The number of imide groups is 1. The maximum absolute atomic E-state index is 14.7. The highest BCUT2D eigenvalue weighted by Gasteiger charge is 2.54. The lowest BCUT2D eigenvalue weighted by molar-refractivity contribution is -0.123. The third-order valence-electron chi connectivity index (χ3n) is 8.54. The van der Waals surface area contributed by atoms with E-state index in [-0.39, 0.29) is 18.6 Å². The number of fused-ring (bicyclic) bond motifs is 2. The summed E-state index contributed by atoms with van der Waals surface area (Å²) in [5, 5.41) is -0.525. The van der Waals surface area contributed by atoms with Crippen molar-refractivity contribution in [3.63, 3.8) is 0 Å². The zero-order valence-electron chi connectivity index (χ0n) is 24.7. The minimum atomic E-state index is -0.629. The Kier molecular flexibility index (Phi) is 7.65. The molecule has 0 N–H and O–H groups in total. The minimum absolute atomic E-state index is 0.0491. The van der Waals surface area contributed by atoms with Crippen LogP contribution in [0.4, 0.5) is 10.5 Å². The average Bonchev–Trinajstić information content (AvgIpc) is 3.81. The quantitative estimate of drug-likeness (QED) is 0.255. The van der Waals surface area contributed by atoms with Crippen molar-refractivity contribution in [2.24, 2.45) is 5.92 Å². The molecule has 228 valence electrons. The summed E-state index contributed by atoms with van der Waals surface area (Å²) in [5.41, 5.74) is 3.41. The summed E-state index contributed by atoms with van der Waals surface area (Å²) in [6, 6.07) is 9.17. The molecule has 12 heteroatoms. The highest BCUT2D eigenvalue weighted by molar-refractivity contribution is 8.09. The molecule has 3 aromatic heterocycles. The number of pyridine rings is 1. The first kappa shape index (κ1) is 28.6. The van der Waals surface area contributed by atoms with Gasteiger partial charge in [0.2, 0.25) is 11.8 Å². The van der Waals surface area contributed by atoms with E-state index in [4.69, 9.17) is 18.6 Å². The summed E-state index contributed by atoms with van der Waals surface area (Å²) < 4.78 is 25.6. The average molecular weight is 616 g/mol. The molecule has 7 rings (SSSR count). The van der Waals surface area contributed by atoms with Crippen molar-refractivity contribution in [2.75, 3.05) is 31.8 Å². The summed E-state index contributed by atoms with van der Waals surface area (Å²) in [6.45, 7) is 5.23. The number of rotatable bonds is 8. The lowest BCUT2D eigenvalue weighted by Gasteiger charge is -2.44. The second-order valence-corrected chi connectivity index (χ2v) is 12.3. The third kappa shape index (κ3) is 4.86. The summed E-state index contributed by atoms with van der Waals surface area (Å²) >= 11 is 1.43. The SMILES string of the molecule is COc1ccccc1C(CN1C(=O)N(c2c(C)ccn3ccnc23)C(=O)C2C(C)=C(c3ncco3)SC21)OC1CCOCC1. The highest BCUT2D eigenvalue weighted by atomic mass is 32.2. The molecule has 11 nitrogen and oxygen atoms in total. The maximum Gasteiger partial charge on any atom is 0.332 e. The van der Waals surface area contributed by atoms with Gasteiger partial charge in [0.15, 0.2) is 5.65 Å². The lowest BCUT2D eigenvalue weighted by Crippen LogP contribution is -2.61. The normalized spacial score (nSPS) is 21.8. The molecule has 3 aliphatic rings. The predicted molar refractivity (Wildman–Crippen MR) is 164 cm³/mol. The molecule has 2 saturated heterocycles. The first-order valence-electron chi connectivity index (χ1n) is 14.7. The number of hydrogen-bond acceptors (Lipinski definition) is 9. The van der Waals surface area contributed by atoms with Crippen LogP contribution < -0.4 is 9.64 Å². The van der Waals surface area contributed by atoms with Crippen LogP contribution in [-0.2, 0) is 14.3 Å². The second kappa shape index (κ2) is 11.8. The zero-order chi connectivity index (χ0) is 30.4. The van der Waals surface area contributed by atoms with Crippen LogP contribution in [0.1, 0.15) is 42.9 Å². The van der Waals surface area contributed by atoms with Crippen molar-refractivity contribution in [3.05, 3.63) is 84.0 Å². The number of oxazole rings is 1. The largest absolute Gasteiger partial charge is 0.496 e. The van der Waals surface area contributed by atoms with Gasteiger partial charge in [0.1, 0.15) is 18.1 Å². The number of aryl methyl sites for hydroxylation is 1. The van der Waals surface area contributed by atoms with Gasteiger partial charge in [0, 0.05) is 37.4 Å². The number of para-hydroxylation sites is 1. The molecule has 0 aliphatic carbocycles. The number of ether oxygens (including phenoxy) is 3. The number of amides is 3. The van der Waals surface area contributed by atoms with Crippen molar-refractivity contribution in [1.29, 1.82) is 0 Å². The third-order valence-corrected chi connectivity index (χ3v) is 10.0. The topological polar surface area (TPSA) is 112 Å². The van der Waals surface area contributed by atoms with Crippen molar-refractivity contribution in [1.82, 2.24) is 19.3 Å². The van der Waals surface area contributed by atoms with E-state index in [0.29, 0.717) is 36.2 Å². The van der Waals surface area contributed by atoms with Gasteiger partial charge in [-0.05, 0) is 50.0 Å². The van der Waals surface area contributed by atoms with Gasteiger partial charge in [-0.3, -0.25) is 4.79 Å². The Morgan fingerprint density at radius 2 is 1.89 bits per heavy atom. The number of methoxy groups -OCH3 is 1. The number of carbonyl (C=O) groups excluding carboxylic acids is 2. The number of carbonyl (C=O) groups is 2. The molecular formula is C32H33N5O6S. The molecule has 1 aromatic carbocycles. The molecule has 0 radical (unpaired) electrons. The molecule has 3 unspecified atom stereocenters. The standard InChI is InChI=1S/C32H33N5O6S/c1-19-8-13-35-14-11-33-28(35)26(19)37-30(38)25-20(2)27(29-34-12-17-42-29)44-31(25)36(32(37)39)18-24(43-21-9-15-41-16-10-21)22-6-4-5-7-23(22)40-3/h4-8,11-14,17,21,24-25,31H,9-10,15-16,18H2,1-3H3. The number of aromatic nitrogens is 3. The second-order valence-electron chi connectivity index (χ2n) is 11.1. The monoisotopic (exact) mass is 615 g/mol. The fraction of sp³-hybridized carbons (Fsp3) is 0.375. The Hall–Kier alpha value is -4.13. The summed E-state index contributed by atoms with van der Waals surface area (Å²) in [5.74, 6) is 0.169. The summed E-state index contributed by atoms with van der Waals surface area (Å²) in [4.78, 5) is 41.9. The smallest absolute Gasteiger partial charge is 0.332 e. The van der Waals surface area contributed by atoms with Crippen molar-refractivity contribution in [3.8, 4) is 5.75 Å². The molecule has 2 fully saturated rings. The van der Waals surface area contributed by atoms with E-state index < -0.39 is 23.4 Å². The van der Waals surface area contributed by atoms with Crippen LogP contribution in [0, 0.1) is 12.8 Å². The van der Waals surface area contributed by atoms with Gasteiger partial charge in [0.25, 0.3) is 0 Å². The zero-order valence-corrected chi connectivity index (χ0v) is 25.5. The van der Waals surface area contributed by atoms with Crippen LogP contribution in [0.25, 0.3) is 10.6 Å². The number of benzene rings is 1. The Balaban J connectivity index is 1.34. The van der Waals surface area contributed by atoms with Crippen molar-refractivity contribution in [2.45, 2.75) is 44.3 Å². The number of hydrogen-bond donors (Lipinski definition) is 0. The fourth-order valence-electron chi connectivity index (χ4n) is 6.31. The Labute approximate surface area is 258 Å². The van der Waals surface area contributed by atoms with E-state index in [1.54, 1.807) is 30.6 Å². The van der Waals surface area contributed by atoms with E-state index in [0.717, 1.165) is 34.4 Å². The van der Waals surface area contributed by atoms with Crippen LogP contribution in [0.5, 0.6) is 5.75 Å². The van der Waals surface area contributed by atoms with Gasteiger partial charge < -0.3 is 27.9 Å². The first-order valence-corrected chi connectivity index (χ1v) is 15.5. The van der Waals surface area contributed by atoms with Crippen LogP contribution in [0.3, 0.4) is 0 Å². The van der Waals surface area contributed by atoms with E-state index in [1.165, 1.54) is 22.9 Å². The number of nitrogens with zero attached hydrogens (tertiary/aromatic N) is 5. The molecular weight excluding hydrogens is 582 g/mol. The van der Waals surface area contributed by atoms with Gasteiger partial charge in [-0.25, -0.2) is 19.7 Å². The highest BCUT2D eigenvalue weighted by Crippen LogP contribution is 2.52. The van der Waals surface area contributed by atoms with E-state index >= 15 is 0 Å². The summed E-state index contributed by atoms with van der Waals surface area (Å²) in [6.07, 6.45) is 9.35. The van der Waals surface area contributed by atoms with Gasteiger partial charge >= 0.3 is 6.03 Å². The van der Waals surface area contributed by atoms with Crippen molar-refractivity contribution < 1.29 is 28.2 Å². The first-order chi connectivity index (χ1) is 21.5. The van der Waals surface area contributed by atoms with Crippen LogP contribution in [-0.4, -0.2) is 69.6 Å². The van der Waals surface area contributed by atoms with Gasteiger partial charge in [0.05, 0.1) is 47.8 Å². The fourth-order valence-corrected chi connectivity index (χ4v) is 7.83. The van der Waals surface area contributed by atoms with Gasteiger partial charge in [-0.1, -0.05) is 30.0 Å². The van der Waals surface area contributed by atoms with E-state index in [1.807, 2.05) is 54.8 Å². The molecule has 3 atom stereocenters. The molecule has 0 spiro atoms. The van der Waals surface area contributed by atoms with Crippen LogP contribution in [0.15, 0.2) is 71.4 Å². The molecule has 0 saturated carbocycles. The number of urea groups is 1. The van der Waals surface area contributed by atoms with E-state index in [9.17, 15) is 9.59 Å².